The molecule has 1 unspecified atom stereocenters. The summed E-state index contributed by atoms with van der Waals surface area (Å²) in [5.74, 6) is -0.144. The number of ketones is 1. The van der Waals surface area contributed by atoms with Gasteiger partial charge in [-0.15, -0.1) is 0 Å². The van der Waals surface area contributed by atoms with Gasteiger partial charge in [0.1, 0.15) is 21.5 Å². The summed E-state index contributed by atoms with van der Waals surface area (Å²) in [5, 5.41) is 0. The van der Waals surface area contributed by atoms with Crippen LogP contribution in [0.3, 0.4) is 0 Å². The Morgan fingerprint density at radius 1 is 1.30 bits per heavy atom. The summed E-state index contributed by atoms with van der Waals surface area (Å²) >= 11 is 0. The molecule has 0 aromatic heterocycles. The molecule has 8 heteroatoms. The van der Waals surface area contributed by atoms with Gasteiger partial charge in [0.25, 0.3) is 0 Å². The van der Waals surface area contributed by atoms with Gasteiger partial charge in [-0.05, 0) is 27.2 Å². The molecule has 0 spiro atoms. The SMILES string of the molecule is CCS(=O)(=O)CCCC(=O)C1COCCN1C(=O)OC(C)(C)C. The Morgan fingerprint density at radius 2 is 1.96 bits per heavy atom. The molecule has 1 saturated heterocycles. The third-order valence-corrected chi connectivity index (χ3v) is 5.24. The third-order valence-electron chi connectivity index (χ3n) is 3.45. The minimum atomic E-state index is -3.09. The molecule has 0 aliphatic carbocycles. The van der Waals surface area contributed by atoms with Crippen molar-refractivity contribution in [2.24, 2.45) is 0 Å². The van der Waals surface area contributed by atoms with Crippen molar-refractivity contribution in [2.45, 2.75) is 52.2 Å². The van der Waals surface area contributed by atoms with Crippen molar-refractivity contribution < 1.29 is 27.5 Å². The van der Waals surface area contributed by atoms with Gasteiger partial charge in [0.15, 0.2) is 5.78 Å². The highest BCUT2D eigenvalue weighted by Gasteiger charge is 2.35. The lowest BCUT2D eigenvalue weighted by atomic mass is 10.1. The maximum absolute atomic E-state index is 12.3. The van der Waals surface area contributed by atoms with Crippen LogP contribution in [-0.2, 0) is 24.1 Å². The molecule has 0 radical (unpaired) electrons. The predicted octanol–water partition coefficient (Wildman–Crippen LogP) is 1.41. The molecule has 1 amide bonds. The van der Waals surface area contributed by atoms with E-state index in [1.807, 2.05) is 0 Å². The van der Waals surface area contributed by atoms with E-state index < -0.39 is 27.6 Å². The first-order chi connectivity index (χ1) is 10.6. The zero-order valence-corrected chi connectivity index (χ0v) is 15.1. The molecule has 0 bridgehead atoms. The maximum Gasteiger partial charge on any atom is 0.411 e. The summed E-state index contributed by atoms with van der Waals surface area (Å²) in [4.78, 5) is 25.9. The second kappa shape index (κ2) is 8.10. The largest absolute Gasteiger partial charge is 0.444 e. The summed E-state index contributed by atoms with van der Waals surface area (Å²) in [6.45, 7) is 7.63. The minimum Gasteiger partial charge on any atom is -0.444 e. The van der Waals surface area contributed by atoms with E-state index in [1.54, 1.807) is 27.7 Å². The highest BCUT2D eigenvalue weighted by atomic mass is 32.2. The van der Waals surface area contributed by atoms with Crippen LogP contribution in [0.4, 0.5) is 4.79 Å². The van der Waals surface area contributed by atoms with Crippen LogP contribution in [0.15, 0.2) is 0 Å². The highest BCUT2D eigenvalue weighted by molar-refractivity contribution is 7.91. The number of amides is 1. The van der Waals surface area contributed by atoms with Crippen molar-refractivity contribution in [1.29, 1.82) is 0 Å². The number of sulfone groups is 1. The summed E-state index contributed by atoms with van der Waals surface area (Å²) in [6, 6.07) is -0.706. The van der Waals surface area contributed by atoms with Crippen LogP contribution in [0.1, 0.15) is 40.5 Å². The quantitative estimate of drug-likeness (QED) is 0.720. The van der Waals surface area contributed by atoms with Crippen molar-refractivity contribution in [2.75, 3.05) is 31.3 Å². The molecule has 1 rings (SSSR count). The van der Waals surface area contributed by atoms with Gasteiger partial charge in [0.05, 0.1) is 19.0 Å². The van der Waals surface area contributed by atoms with Crippen LogP contribution < -0.4 is 0 Å². The van der Waals surface area contributed by atoms with Gasteiger partial charge in [-0.1, -0.05) is 6.92 Å². The van der Waals surface area contributed by atoms with E-state index in [0.29, 0.717) is 13.2 Å². The van der Waals surface area contributed by atoms with Gasteiger partial charge in [-0.25, -0.2) is 13.2 Å². The van der Waals surface area contributed by atoms with E-state index in [9.17, 15) is 18.0 Å². The van der Waals surface area contributed by atoms with E-state index >= 15 is 0 Å². The molecule has 23 heavy (non-hydrogen) atoms. The molecule has 7 nitrogen and oxygen atoms in total. The van der Waals surface area contributed by atoms with Gasteiger partial charge in [-0.2, -0.15) is 0 Å². The standard InChI is InChI=1S/C15H27NO6S/c1-5-23(19,20)10-6-7-13(17)12-11-21-9-8-16(12)14(18)22-15(2,3)4/h12H,5-11H2,1-4H3. The van der Waals surface area contributed by atoms with Crippen LogP contribution in [-0.4, -0.2) is 68.1 Å². The zero-order valence-electron chi connectivity index (χ0n) is 14.3. The Kier molecular flexibility index (Phi) is 7.01. The molecule has 1 fully saturated rings. The van der Waals surface area contributed by atoms with E-state index in [0.717, 1.165) is 0 Å². The lowest BCUT2D eigenvalue weighted by molar-refractivity contribution is -0.130. The molecule has 1 aliphatic rings. The number of hydrogen-bond acceptors (Lipinski definition) is 6. The van der Waals surface area contributed by atoms with Crippen molar-refractivity contribution in [3.8, 4) is 0 Å². The highest BCUT2D eigenvalue weighted by Crippen LogP contribution is 2.16. The average molecular weight is 349 g/mol. The second-order valence-corrected chi connectivity index (χ2v) is 9.04. The van der Waals surface area contributed by atoms with Crippen molar-refractivity contribution in [3.63, 3.8) is 0 Å². The topological polar surface area (TPSA) is 90.0 Å². The third kappa shape index (κ3) is 6.87. The Hall–Kier alpha value is -1.15. The van der Waals surface area contributed by atoms with Crippen molar-refractivity contribution >= 4 is 21.7 Å². The lowest BCUT2D eigenvalue weighted by Crippen LogP contribution is -2.53. The number of ether oxygens (including phenoxy) is 2. The normalized spacial score (nSPS) is 19.5. The van der Waals surface area contributed by atoms with E-state index in [1.165, 1.54) is 4.90 Å². The van der Waals surface area contributed by atoms with Gasteiger partial charge in [0.2, 0.25) is 0 Å². The Bertz CT molecular complexity index is 523. The van der Waals surface area contributed by atoms with Gasteiger partial charge < -0.3 is 9.47 Å². The van der Waals surface area contributed by atoms with Gasteiger partial charge in [0, 0.05) is 18.7 Å². The molecule has 0 aromatic carbocycles. The summed E-state index contributed by atoms with van der Waals surface area (Å²) in [5.41, 5.74) is -0.641. The Morgan fingerprint density at radius 3 is 2.52 bits per heavy atom. The second-order valence-electron chi connectivity index (χ2n) is 6.57. The smallest absolute Gasteiger partial charge is 0.411 e. The molecule has 1 atom stereocenters. The van der Waals surface area contributed by atoms with Crippen LogP contribution in [0.25, 0.3) is 0 Å². The molecule has 0 saturated carbocycles. The number of morpholine rings is 1. The van der Waals surface area contributed by atoms with Crippen LogP contribution in [0.2, 0.25) is 0 Å². The van der Waals surface area contributed by atoms with E-state index in [-0.39, 0.29) is 36.7 Å². The van der Waals surface area contributed by atoms with E-state index in [4.69, 9.17) is 9.47 Å². The minimum absolute atomic E-state index is 0.0186. The number of nitrogens with zero attached hydrogens (tertiary/aromatic N) is 1. The monoisotopic (exact) mass is 349 g/mol. The zero-order chi connectivity index (χ0) is 17.7. The predicted molar refractivity (Wildman–Crippen MR) is 86.1 cm³/mol. The number of carbonyl (C=O) groups is 2. The summed E-state index contributed by atoms with van der Waals surface area (Å²) < 4.78 is 33.5. The first-order valence-electron chi connectivity index (χ1n) is 7.86. The number of Topliss-reactive ketones (excluding diaryl/α,β-unsaturated/α-hetero) is 1. The average Bonchev–Trinajstić information content (AvgIpc) is 2.45. The fourth-order valence-electron chi connectivity index (χ4n) is 2.19. The summed E-state index contributed by atoms with van der Waals surface area (Å²) in [6.07, 6.45) is -0.180. The molecule has 1 heterocycles. The van der Waals surface area contributed by atoms with Gasteiger partial charge >= 0.3 is 6.09 Å². The molecule has 0 N–H and O–H groups in total. The number of carbonyl (C=O) groups excluding carboxylic acids is 2. The van der Waals surface area contributed by atoms with Crippen LogP contribution in [0.5, 0.6) is 0 Å². The van der Waals surface area contributed by atoms with Crippen molar-refractivity contribution in [3.05, 3.63) is 0 Å². The molecule has 0 aromatic rings. The van der Waals surface area contributed by atoms with Crippen LogP contribution in [0, 0.1) is 0 Å². The fraction of sp³-hybridized carbons (Fsp3) is 0.867. The number of rotatable bonds is 6. The first kappa shape index (κ1) is 19.9. The summed E-state index contributed by atoms with van der Waals surface area (Å²) in [7, 11) is -3.09. The van der Waals surface area contributed by atoms with Crippen molar-refractivity contribution in [1.82, 2.24) is 4.90 Å². The molecule has 134 valence electrons. The molecular weight excluding hydrogens is 322 g/mol. The Balaban J connectivity index is 2.63. The first-order valence-corrected chi connectivity index (χ1v) is 9.68. The molecular formula is C15H27NO6S. The van der Waals surface area contributed by atoms with Crippen LogP contribution >= 0.6 is 0 Å². The molecule has 1 aliphatic heterocycles. The Labute approximate surface area is 138 Å². The van der Waals surface area contributed by atoms with E-state index in [2.05, 4.69) is 0 Å². The fourth-order valence-corrected chi connectivity index (χ4v) is 3.06. The lowest BCUT2D eigenvalue weighted by Gasteiger charge is -2.35. The van der Waals surface area contributed by atoms with Gasteiger partial charge in [-0.3, -0.25) is 9.69 Å². The number of hydrogen-bond donors (Lipinski definition) is 0. The maximum atomic E-state index is 12.3.